The first kappa shape index (κ1) is 16.3. The fraction of sp³-hybridized carbons (Fsp3) is 0.667. The third-order valence-corrected chi connectivity index (χ3v) is 4.19. The zero-order chi connectivity index (χ0) is 15.2. The Balaban J connectivity index is 1.81. The Kier molecular flexibility index (Phi) is 6.07. The molecule has 1 aliphatic heterocycles. The van der Waals surface area contributed by atoms with Crippen molar-refractivity contribution in [1.82, 2.24) is 10.2 Å². The summed E-state index contributed by atoms with van der Waals surface area (Å²) in [6, 6.07) is 7.64. The summed E-state index contributed by atoms with van der Waals surface area (Å²) in [5.41, 5.74) is 2.53. The number of aryl methyl sites for hydroxylation is 2. The summed E-state index contributed by atoms with van der Waals surface area (Å²) in [7, 11) is 0. The van der Waals surface area contributed by atoms with Crippen molar-refractivity contribution < 1.29 is 4.74 Å². The first-order valence-electron chi connectivity index (χ1n) is 8.23. The second-order valence-corrected chi connectivity index (χ2v) is 6.55. The lowest BCUT2D eigenvalue weighted by atomic mass is 10.1. The lowest BCUT2D eigenvalue weighted by Gasteiger charge is -2.29. The van der Waals surface area contributed by atoms with Crippen molar-refractivity contribution in [3.8, 4) is 5.75 Å². The number of hydrogen-bond donors (Lipinski definition) is 1. The molecule has 0 aliphatic carbocycles. The Morgan fingerprint density at radius 2 is 1.95 bits per heavy atom. The molecular weight excluding hydrogens is 260 g/mol. The molecule has 0 radical (unpaired) electrons. The molecule has 1 saturated heterocycles. The van der Waals surface area contributed by atoms with Crippen LogP contribution in [0.25, 0.3) is 0 Å². The normalized spacial score (nSPS) is 18.7. The van der Waals surface area contributed by atoms with Gasteiger partial charge < -0.3 is 10.1 Å². The van der Waals surface area contributed by atoms with Gasteiger partial charge in [0.25, 0.3) is 0 Å². The van der Waals surface area contributed by atoms with E-state index in [1.807, 2.05) is 0 Å². The molecule has 1 fully saturated rings. The molecule has 1 atom stereocenters. The summed E-state index contributed by atoms with van der Waals surface area (Å²) in [4.78, 5) is 2.52. The van der Waals surface area contributed by atoms with Crippen LogP contribution in [0.4, 0.5) is 0 Å². The molecule has 0 amide bonds. The van der Waals surface area contributed by atoms with Crippen LogP contribution in [0.2, 0.25) is 0 Å². The fourth-order valence-corrected chi connectivity index (χ4v) is 3.05. The van der Waals surface area contributed by atoms with Crippen LogP contribution in [-0.2, 0) is 0 Å². The third kappa shape index (κ3) is 5.33. The summed E-state index contributed by atoms with van der Waals surface area (Å²) in [6.45, 7) is 12.8. The summed E-state index contributed by atoms with van der Waals surface area (Å²) >= 11 is 0. The van der Waals surface area contributed by atoms with Crippen LogP contribution < -0.4 is 10.1 Å². The summed E-state index contributed by atoms with van der Waals surface area (Å²) in [5.74, 6) is 0.996. The molecular formula is C18H30N2O. The van der Waals surface area contributed by atoms with Crippen LogP contribution in [0.3, 0.4) is 0 Å². The van der Waals surface area contributed by atoms with E-state index < -0.39 is 0 Å². The lowest BCUT2D eigenvalue weighted by Crippen LogP contribution is -2.43. The van der Waals surface area contributed by atoms with Crippen molar-refractivity contribution in [2.24, 2.45) is 0 Å². The van der Waals surface area contributed by atoms with Gasteiger partial charge in [-0.05, 0) is 70.3 Å². The molecule has 21 heavy (non-hydrogen) atoms. The quantitative estimate of drug-likeness (QED) is 0.835. The highest BCUT2D eigenvalue weighted by Gasteiger charge is 2.19. The van der Waals surface area contributed by atoms with Crippen LogP contribution in [0.15, 0.2) is 18.2 Å². The molecule has 0 aromatic heterocycles. The molecule has 3 nitrogen and oxygen atoms in total. The van der Waals surface area contributed by atoms with Crippen molar-refractivity contribution in [3.63, 3.8) is 0 Å². The van der Waals surface area contributed by atoms with Gasteiger partial charge in [-0.15, -0.1) is 0 Å². The topological polar surface area (TPSA) is 24.5 Å². The summed E-state index contributed by atoms with van der Waals surface area (Å²) < 4.78 is 5.95. The highest BCUT2D eigenvalue weighted by atomic mass is 16.5. The van der Waals surface area contributed by atoms with E-state index in [1.54, 1.807) is 0 Å². The van der Waals surface area contributed by atoms with Crippen LogP contribution >= 0.6 is 0 Å². The minimum absolute atomic E-state index is 0.565. The van der Waals surface area contributed by atoms with E-state index in [0.717, 1.165) is 25.4 Å². The van der Waals surface area contributed by atoms with Gasteiger partial charge in [0.2, 0.25) is 0 Å². The monoisotopic (exact) mass is 290 g/mol. The average molecular weight is 290 g/mol. The average Bonchev–Trinajstić information content (AvgIpc) is 2.89. The molecule has 1 aromatic rings. The van der Waals surface area contributed by atoms with Gasteiger partial charge in [-0.25, -0.2) is 0 Å². The Morgan fingerprint density at radius 1 is 1.24 bits per heavy atom. The van der Waals surface area contributed by atoms with Crippen LogP contribution in [0.5, 0.6) is 5.75 Å². The molecule has 1 heterocycles. The van der Waals surface area contributed by atoms with E-state index in [1.165, 1.54) is 30.5 Å². The van der Waals surface area contributed by atoms with Crippen molar-refractivity contribution in [2.45, 2.75) is 52.6 Å². The maximum Gasteiger partial charge on any atom is 0.119 e. The number of hydrogen-bond acceptors (Lipinski definition) is 3. The van der Waals surface area contributed by atoms with Crippen LogP contribution in [0, 0.1) is 13.8 Å². The van der Waals surface area contributed by atoms with Crippen LogP contribution in [0.1, 0.15) is 37.8 Å². The second-order valence-electron chi connectivity index (χ2n) is 6.55. The molecule has 1 N–H and O–H groups in total. The number of benzene rings is 1. The molecule has 0 saturated carbocycles. The number of rotatable bonds is 7. The van der Waals surface area contributed by atoms with Crippen molar-refractivity contribution >= 4 is 0 Å². The van der Waals surface area contributed by atoms with Crippen molar-refractivity contribution in [3.05, 3.63) is 29.3 Å². The molecule has 0 spiro atoms. The lowest BCUT2D eigenvalue weighted by molar-refractivity contribution is 0.164. The van der Waals surface area contributed by atoms with E-state index in [2.05, 4.69) is 56.1 Å². The smallest absolute Gasteiger partial charge is 0.119 e. The van der Waals surface area contributed by atoms with E-state index in [4.69, 9.17) is 4.74 Å². The minimum atomic E-state index is 0.565. The SMILES string of the molecule is Cc1cc(C)cc(OCCN(CC2CCCN2)C(C)C)c1. The highest BCUT2D eigenvalue weighted by molar-refractivity contribution is 5.32. The minimum Gasteiger partial charge on any atom is -0.492 e. The molecule has 1 aliphatic rings. The van der Waals surface area contributed by atoms with E-state index in [0.29, 0.717) is 12.1 Å². The summed E-state index contributed by atoms with van der Waals surface area (Å²) in [5, 5.41) is 3.58. The highest BCUT2D eigenvalue weighted by Crippen LogP contribution is 2.16. The molecule has 3 heteroatoms. The molecule has 0 bridgehead atoms. The molecule has 2 rings (SSSR count). The maximum atomic E-state index is 5.95. The van der Waals surface area contributed by atoms with Gasteiger partial charge >= 0.3 is 0 Å². The zero-order valence-corrected chi connectivity index (χ0v) is 14.0. The standard InChI is InChI=1S/C18H30N2O/c1-14(2)20(13-17-6-5-7-19-17)8-9-21-18-11-15(3)10-16(4)12-18/h10-12,14,17,19H,5-9,13H2,1-4H3. The second kappa shape index (κ2) is 7.81. The predicted octanol–water partition coefficient (Wildman–Crippen LogP) is 3.14. The predicted molar refractivity (Wildman–Crippen MR) is 89.1 cm³/mol. The molecule has 1 aromatic carbocycles. The molecule has 118 valence electrons. The largest absolute Gasteiger partial charge is 0.492 e. The first-order valence-corrected chi connectivity index (χ1v) is 8.23. The molecule has 1 unspecified atom stereocenters. The van der Waals surface area contributed by atoms with Gasteiger partial charge in [-0.3, -0.25) is 4.90 Å². The van der Waals surface area contributed by atoms with Gasteiger partial charge in [-0.2, -0.15) is 0 Å². The fourth-order valence-electron chi connectivity index (χ4n) is 3.05. The van der Waals surface area contributed by atoms with Gasteiger partial charge in [0, 0.05) is 25.2 Å². The third-order valence-electron chi connectivity index (χ3n) is 4.19. The van der Waals surface area contributed by atoms with E-state index in [-0.39, 0.29) is 0 Å². The van der Waals surface area contributed by atoms with Crippen LogP contribution in [-0.4, -0.2) is 43.2 Å². The van der Waals surface area contributed by atoms with Crippen molar-refractivity contribution in [2.75, 3.05) is 26.2 Å². The number of ether oxygens (including phenoxy) is 1. The van der Waals surface area contributed by atoms with E-state index >= 15 is 0 Å². The first-order chi connectivity index (χ1) is 10.0. The summed E-state index contributed by atoms with van der Waals surface area (Å²) in [6.07, 6.45) is 2.62. The van der Waals surface area contributed by atoms with Gasteiger partial charge in [0.15, 0.2) is 0 Å². The van der Waals surface area contributed by atoms with Gasteiger partial charge in [0.05, 0.1) is 0 Å². The Bertz CT molecular complexity index is 419. The number of nitrogens with one attached hydrogen (secondary N) is 1. The Hall–Kier alpha value is -1.06. The Morgan fingerprint density at radius 3 is 2.52 bits per heavy atom. The zero-order valence-electron chi connectivity index (χ0n) is 14.0. The van der Waals surface area contributed by atoms with Crippen molar-refractivity contribution in [1.29, 1.82) is 0 Å². The maximum absolute atomic E-state index is 5.95. The van der Waals surface area contributed by atoms with E-state index in [9.17, 15) is 0 Å². The van der Waals surface area contributed by atoms with Gasteiger partial charge in [0.1, 0.15) is 12.4 Å². The number of nitrogens with zero attached hydrogens (tertiary/aromatic N) is 1. The Labute approximate surface area is 129 Å². The van der Waals surface area contributed by atoms with Gasteiger partial charge in [-0.1, -0.05) is 6.07 Å².